The molecule has 0 spiro atoms. The fourth-order valence-corrected chi connectivity index (χ4v) is 2.28. The van der Waals surface area contributed by atoms with Gasteiger partial charge in [0.15, 0.2) is 0 Å². The van der Waals surface area contributed by atoms with E-state index in [4.69, 9.17) is 4.74 Å². The third kappa shape index (κ3) is 1.26. The first kappa shape index (κ1) is 8.48. The average molecular weight is 171 g/mol. The second-order valence-corrected chi connectivity index (χ2v) is 4.28. The first-order valence-electron chi connectivity index (χ1n) is 4.68. The highest BCUT2D eigenvalue weighted by Gasteiger charge is 2.43. The van der Waals surface area contributed by atoms with Crippen LogP contribution >= 0.6 is 0 Å². The van der Waals surface area contributed by atoms with Crippen LogP contribution in [-0.2, 0) is 4.74 Å². The van der Waals surface area contributed by atoms with Gasteiger partial charge in [-0.05, 0) is 26.7 Å². The van der Waals surface area contributed by atoms with Gasteiger partial charge in [-0.25, -0.2) is 0 Å². The molecule has 2 aliphatic rings. The van der Waals surface area contributed by atoms with Gasteiger partial charge in [0.2, 0.25) is 0 Å². The number of fused-ring (bicyclic) bond motifs is 1. The van der Waals surface area contributed by atoms with Crippen LogP contribution in [0.3, 0.4) is 0 Å². The van der Waals surface area contributed by atoms with E-state index in [1.54, 1.807) is 0 Å². The number of aliphatic hydroxyl groups is 1. The number of hydrogen-bond donors (Lipinski definition) is 1. The fourth-order valence-electron chi connectivity index (χ4n) is 2.28. The maximum Gasteiger partial charge on any atom is 0.116 e. The van der Waals surface area contributed by atoms with E-state index >= 15 is 0 Å². The van der Waals surface area contributed by atoms with Gasteiger partial charge in [-0.1, -0.05) is 0 Å². The number of hydrogen-bond acceptors (Lipinski definition) is 3. The van der Waals surface area contributed by atoms with Crippen molar-refractivity contribution < 1.29 is 9.84 Å². The lowest BCUT2D eigenvalue weighted by Crippen LogP contribution is -2.49. The van der Waals surface area contributed by atoms with Crippen molar-refractivity contribution >= 4 is 0 Å². The molecule has 2 saturated heterocycles. The van der Waals surface area contributed by atoms with Gasteiger partial charge in [-0.2, -0.15) is 0 Å². The van der Waals surface area contributed by atoms with E-state index in [-0.39, 0.29) is 11.8 Å². The molecule has 2 atom stereocenters. The average Bonchev–Trinajstić information content (AvgIpc) is 2.27. The highest BCUT2D eigenvalue weighted by atomic mass is 16.5. The zero-order chi connectivity index (χ0) is 8.77. The quantitative estimate of drug-likeness (QED) is 0.578. The van der Waals surface area contributed by atoms with Gasteiger partial charge in [-0.15, -0.1) is 0 Å². The topological polar surface area (TPSA) is 32.7 Å². The molecule has 3 nitrogen and oxygen atoms in total. The molecule has 12 heavy (non-hydrogen) atoms. The molecule has 0 bridgehead atoms. The molecule has 1 N–H and O–H groups in total. The van der Waals surface area contributed by atoms with Crippen LogP contribution in [0.1, 0.15) is 26.7 Å². The van der Waals surface area contributed by atoms with Gasteiger partial charge in [0.25, 0.3) is 0 Å². The summed E-state index contributed by atoms with van der Waals surface area (Å²) in [5, 5.41) is 9.44. The summed E-state index contributed by atoms with van der Waals surface area (Å²) >= 11 is 0. The minimum atomic E-state index is -0.108. The molecule has 0 aromatic carbocycles. The Morgan fingerprint density at radius 3 is 3.00 bits per heavy atom. The van der Waals surface area contributed by atoms with Gasteiger partial charge in [0.05, 0.1) is 12.7 Å². The zero-order valence-electron chi connectivity index (χ0n) is 7.79. The lowest BCUT2D eigenvalue weighted by molar-refractivity contribution is -0.0674. The van der Waals surface area contributed by atoms with Crippen molar-refractivity contribution in [1.29, 1.82) is 0 Å². The molecule has 2 heterocycles. The fraction of sp³-hybridized carbons (Fsp3) is 1.00. The molecule has 0 radical (unpaired) electrons. The van der Waals surface area contributed by atoms with Crippen molar-refractivity contribution in [2.45, 2.75) is 44.6 Å². The third-order valence-electron chi connectivity index (χ3n) is 3.01. The largest absolute Gasteiger partial charge is 0.393 e. The summed E-state index contributed by atoms with van der Waals surface area (Å²) < 4.78 is 5.65. The van der Waals surface area contributed by atoms with Crippen LogP contribution in [0.5, 0.6) is 0 Å². The van der Waals surface area contributed by atoms with E-state index in [0.29, 0.717) is 6.04 Å². The Hall–Kier alpha value is -0.120. The summed E-state index contributed by atoms with van der Waals surface area (Å²) in [6.45, 7) is 5.96. The highest BCUT2D eigenvalue weighted by Crippen LogP contribution is 2.32. The molecular formula is C9H17NO2. The van der Waals surface area contributed by atoms with Crippen LogP contribution in [0.2, 0.25) is 0 Å². The molecule has 0 aromatic rings. The van der Waals surface area contributed by atoms with Crippen LogP contribution in [0, 0.1) is 0 Å². The van der Waals surface area contributed by atoms with E-state index in [1.807, 2.05) is 0 Å². The summed E-state index contributed by atoms with van der Waals surface area (Å²) in [6, 6.07) is 0.448. The van der Waals surface area contributed by atoms with Gasteiger partial charge in [0.1, 0.15) is 5.72 Å². The Kier molecular flexibility index (Phi) is 1.90. The van der Waals surface area contributed by atoms with E-state index in [0.717, 1.165) is 26.0 Å². The molecule has 0 amide bonds. The Bertz CT molecular complexity index is 181. The van der Waals surface area contributed by atoms with Gasteiger partial charge < -0.3 is 9.84 Å². The lowest BCUT2D eigenvalue weighted by atomic mass is 9.99. The van der Waals surface area contributed by atoms with Crippen LogP contribution < -0.4 is 0 Å². The minimum absolute atomic E-state index is 0.106. The van der Waals surface area contributed by atoms with Crippen LogP contribution in [0.4, 0.5) is 0 Å². The standard InChI is InChI=1S/C9H17NO2/c1-9(2)10-4-3-8(11)5-7(10)6-12-9/h7-8,11H,3-6H2,1-2H3. The van der Waals surface area contributed by atoms with Crippen LogP contribution in [0.15, 0.2) is 0 Å². The lowest BCUT2D eigenvalue weighted by Gasteiger charge is -2.38. The van der Waals surface area contributed by atoms with Crippen molar-refractivity contribution in [2.75, 3.05) is 13.2 Å². The molecule has 0 aromatic heterocycles. The van der Waals surface area contributed by atoms with Crippen LogP contribution in [-0.4, -0.2) is 41.0 Å². The Morgan fingerprint density at radius 1 is 1.50 bits per heavy atom. The molecular weight excluding hydrogens is 154 g/mol. The number of aliphatic hydroxyl groups excluding tert-OH is 1. The molecule has 3 heteroatoms. The first-order chi connectivity index (χ1) is 5.59. The van der Waals surface area contributed by atoms with Crippen molar-refractivity contribution in [3.05, 3.63) is 0 Å². The summed E-state index contributed by atoms with van der Waals surface area (Å²) in [4.78, 5) is 2.36. The van der Waals surface area contributed by atoms with E-state index in [9.17, 15) is 5.11 Å². The number of nitrogens with zero attached hydrogens (tertiary/aromatic N) is 1. The van der Waals surface area contributed by atoms with Crippen molar-refractivity contribution in [3.8, 4) is 0 Å². The van der Waals surface area contributed by atoms with Gasteiger partial charge >= 0.3 is 0 Å². The zero-order valence-corrected chi connectivity index (χ0v) is 7.79. The Morgan fingerprint density at radius 2 is 2.25 bits per heavy atom. The molecule has 2 unspecified atom stereocenters. The summed E-state index contributed by atoms with van der Waals surface area (Å²) in [5.41, 5.74) is -0.106. The minimum Gasteiger partial charge on any atom is -0.393 e. The second kappa shape index (κ2) is 2.69. The van der Waals surface area contributed by atoms with Crippen molar-refractivity contribution in [1.82, 2.24) is 4.90 Å². The maximum atomic E-state index is 9.44. The smallest absolute Gasteiger partial charge is 0.116 e. The summed E-state index contributed by atoms with van der Waals surface area (Å²) in [7, 11) is 0. The highest BCUT2D eigenvalue weighted by molar-refractivity contribution is 4.91. The van der Waals surface area contributed by atoms with E-state index < -0.39 is 0 Å². The van der Waals surface area contributed by atoms with Gasteiger partial charge in [-0.3, -0.25) is 4.90 Å². The third-order valence-corrected chi connectivity index (χ3v) is 3.01. The number of ether oxygens (including phenoxy) is 1. The second-order valence-electron chi connectivity index (χ2n) is 4.28. The Balaban J connectivity index is 2.08. The predicted molar refractivity (Wildman–Crippen MR) is 45.8 cm³/mol. The maximum absolute atomic E-state index is 9.44. The Labute approximate surface area is 73.3 Å². The van der Waals surface area contributed by atoms with E-state index in [2.05, 4.69) is 18.7 Å². The molecule has 0 aliphatic carbocycles. The first-order valence-corrected chi connectivity index (χ1v) is 4.68. The number of rotatable bonds is 0. The molecule has 2 aliphatic heterocycles. The summed E-state index contributed by atoms with van der Waals surface area (Å²) in [6.07, 6.45) is 1.66. The normalized spacial score (nSPS) is 41.2. The SMILES string of the molecule is CC1(C)OCC2CC(O)CCN21. The monoisotopic (exact) mass is 171 g/mol. The van der Waals surface area contributed by atoms with E-state index in [1.165, 1.54) is 0 Å². The van der Waals surface area contributed by atoms with Crippen LogP contribution in [0.25, 0.3) is 0 Å². The molecule has 0 saturated carbocycles. The van der Waals surface area contributed by atoms with Crippen molar-refractivity contribution in [2.24, 2.45) is 0 Å². The molecule has 2 rings (SSSR count). The molecule has 70 valence electrons. The number of piperidine rings is 1. The van der Waals surface area contributed by atoms with Gasteiger partial charge in [0, 0.05) is 12.6 Å². The van der Waals surface area contributed by atoms with Crippen molar-refractivity contribution in [3.63, 3.8) is 0 Å². The molecule has 2 fully saturated rings. The predicted octanol–water partition coefficient (Wildman–Crippen LogP) is 0.578. The summed E-state index contributed by atoms with van der Waals surface area (Å²) in [5.74, 6) is 0.